The average molecular weight is 208 g/mol. The molecule has 1 rings (SSSR count). The van der Waals surface area contributed by atoms with Gasteiger partial charge >= 0.3 is 0 Å². The molecular weight excluding hydrogens is 192 g/mol. The van der Waals surface area contributed by atoms with Crippen molar-refractivity contribution >= 4 is 14.1 Å². The van der Waals surface area contributed by atoms with Crippen LogP contribution in [-0.2, 0) is 0 Å². The first-order valence-electron chi connectivity index (χ1n) is 4.68. The molecule has 0 aliphatic rings. The number of Topliss-reactive ketones (excluding diaryl/α,β-unsaturated/α-hetero) is 1. The fourth-order valence-electron chi connectivity index (χ4n) is 1.13. The SMILES string of the molecule is CC(=O)c1cccc(O[Si](C)(C)C)c1. The average Bonchev–Trinajstić information content (AvgIpc) is 2.01. The fourth-order valence-corrected chi connectivity index (χ4v) is 1.97. The summed E-state index contributed by atoms with van der Waals surface area (Å²) in [7, 11) is -1.57. The Kier molecular flexibility index (Phi) is 3.11. The zero-order valence-corrected chi connectivity index (χ0v) is 10.1. The summed E-state index contributed by atoms with van der Waals surface area (Å²) in [5, 5.41) is 0. The maximum Gasteiger partial charge on any atom is 0.242 e. The van der Waals surface area contributed by atoms with Crippen LogP contribution in [0.2, 0.25) is 19.6 Å². The van der Waals surface area contributed by atoms with Gasteiger partial charge in [-0.15, -0.1) is 0 Å². The molecule has 0 amide bonds. The van der Waals surface area contributed by atoms with Crippen molar-refractivity contribution in [2.75, 3.05) is 0 Å². The van der Waals surface area contributed by atoms with E-state index in [1.165, 1.54) is 0 Å². The Balaban J connectivity index is 2.89. The van der Waals surface area contributed by atoms with Crippen LogP contribution in [0.25, 0.3) is 0 Å². The van der Waals surface area contributed by atoms with Crippen LogP contribution < -0.4 is 4.43 Å². The van der Waals surface area contributed by atoms with Crippen LogP contribution in [0.15, 0.2) is 24.3 Å². The molecule has 0 heterocycles. The predicted octanol–water partition coefficient (Wildman–Crippen LogP) is 3.10. The summed E-state index contributed by atoms with van der Waals surface area (Å²) < 4.78 is 5.78. The molecule has 1 aromatic carbocycles. The third-order valence-corrected chi connectivity index (χ3v) is 2.51. The summed E-state index contributed by atoms with van der Waals surface area (Å²) >= 11 is 0. The lowest BCUT2D eigenvalue weighted by Gasteiger charge is -2.19. The van der Waals surface area contributed by atoms with Crippen molar-refractivity contribution in [3.63, 3.8) is 0 Å². The quantitative estimate of drug-likeness (QED) is 0.563. The predicted molar refractivity (Wildman–Crippen MR) is 60.4 cm³/mol. The maximum absolute atomic E-state index is 11.1. The van der Waals surface area contributed by atoms with Gasteiger partial charge in [0.15, 0.2) is 5.78 Å². The minimum Gasteiger partial charge on any atom is -0.544 e. The number of hydrogen-bond donors (Lipinski definition) is 0. The molecule has 0 saturated heterocycles. The molecule has 0 N–H and O–H groups in total. The van der Waals surface area contributed by atoms with E-state index >= 15 is 0 Å². The van der Waals surface area contributed by atoms with Crippen LogP contribution in [0.3, 0.4) is 0 Å². The summed E-state index contributed by atoms with van der Waals surface area (Å²) in [4.78, 5) is 11.1. The van der Waals surface area contributed by atoms with E-state index in [1.807, 2.05) is 12.1 Å². The second kappa shape index (κ2) is 3.96. The van der Waals surface area contributed by atoms with Crippen LogP contribution in [0.1, 0.15) is 17.3 Å². The van der Waals surface area contributed by atoms with E-state index in [-0.39, 0.29) is 5.78 Å². The number of carbonyl (C=O) groups is 1. The third kappa shape index (κ3) is 3.34. The van der Waals surface area contributed by atoms with Gasteiger partial charge in [0.2, 0.25) is 8.32 Å². The minimum absolute atomic E-state index is 0.0750. The van der Waals surface area contributed by atoms with Crippen molar-refractivity contribution in [3.8, 4) is 5.75 Å². The zero-order valence-electron chi connectivity index (χ0n) is 9.13. The molecule has 0 radical (unpaired) electrons. The van der Waals surface area contributed by atoms with Crippen LogP contribution in [-0.4, -0.2) is 14.1 Å². The van der Waals surface area contributed by atoms with E-state index in [2.05, 4.69) is 19.6 Å². The van der Waals surface area contributed by atoms with Gasteiger partial charge in [-0.3, -0.25) is 4.79 Å². The highest BCUT2D eigenvalue weighted by Gasteiger charge is 2.16. The van der Waals surface area contributed by atoms with Crippen LogP contribution in [0, 0.1) is 0 Å². The summed E-state index contributed by atoms with van der Waals surface area (Å²) in [6, 6.07) is 7.36. The van der Waals surface area contributed by atoms with E-state index in [4.69, 9.17) is 4.43 Å². The first-order chi connectivity index (χ1) is 6.38. The Morgan fingerprint density at radius 1 is 1.29 bits per heavy atom. The molecule has 3 heteroatoms. The van der Waals surface area contributed by atoms with Gasteiger partial charge in [0.05, 0.1) is 0 Å². The van der Waals surface area contributed by atoms with Crippen molar-refractivity contribution in [1.82, 2.24) is 0 Å². The summed E-state index contributed by atoms with van der Waals surface area (Å²) in [5.74, 6) is 0.878. The Hall–Kier alpha value is -1.09. The summed E-state index contributed by atoms with van der Waals surface area (Å²) in [6.07, 6.45) is 0. The standard InChI is InChI=1S/C11H16O2Si/c1-9(12)10-6-5-7-11(8-10)13-14(2,3)4/h5-8H,1-4H3. The van der Waals surface area contributed by atoms with Crippen LogP contribution in [0.5, 0.6) is 5.75 Å². The van der Waals surface area contributed by atoms with Crippen molar-refractivity contribution in [2.24, 2.45) is 0 Å². The summed E-state index contributed by atoms with van der Waals surface area (Å²) in [6.45, 7) is 7.92. The molecule has 0 aliphatic heterocycles. The van der Waals surface area contributed by atoms with Gasteiger partial charge in [-0.05, 0) is 38.7 Å². The molecule has 0 spiro atoms. The first kappa shape index (κ1) is 11.0. The topological polar surface area (TPSA) is 26.3 Å². The van der Waals surface area contributed by atoms with E-state index in [0.717, 1.165) is 5.75 Å². The molecule has 0 aliphatic carbocycles. The monoisotopic (exact) mass is 208 g/mol. The third-order valence-electron chi connectivity index (χ3n) is 1.66. The largest absolute Gasteiger partial charge is 0.544 e. The second-order valence-electron chi connectivity index (χ2n) is 4.30. The smallest absolute Gasteiger partial charge is 0.242 e. The lowest BCUT2D eigenvalue weighted by Crippen LogP contribution is -2.29. The van der Waals surface area contributed by atoms with Gasteiger partial charge in [0.25, 0.3) is 0 Å². The molecule has 0 unspecified atom stereocenters. The van der Waals surface area contributed by atoms with Gasteiger partial charge in [-0.25, -0.2) is 0 Å². The van der Waals surface area contributed by atoms with Crippen LogP contribution >= 0.6 is 0 Å². The molecule has 0 aromatic heterocycles. The number of hydrogen-bond acceptors (Lipinski definition) is 2. The Morgan fingerprint density at radius 2 is 1.93 bits per heavy atom. The van der Waals surface area contributed by atoms with Gasteiger partial charge < -0.3 is 4.43 Å². The minimum atomic E-state index is -1.57. The molecule has 0 saturated carbocycles. The van der Waals surface area contributed by atoms with Crippen LogP contribution in [0.4, 0.5) is 0 Å². The van der Waals surface area contributed by atoms with Crippen molar-refractivity contribution in [1.29, 1.82) is 0 Å². The van der Waals surface area contributed by atoms with Crippen molar-refractivity contribution < 1.29 is 9.22 Å². The van der Waals surface area contributed by atoms with E-state index in [1.54, 1.807) is 19.1 Å². The number of ketones is 1. The molecule has 76 valence electrons. The summed E-state index contributed by atoms with van der Waals surface area (Å²) in [5.41, 5.74) is 0.709. The molecular formula is C11H16O2Si. The Labute approximate surface area is 86.0 Å². The van der Waals surface area contributed by atoms with Crippen molar-refractivity contribution in [3.05, 3.63) is 29.8 Å². The van der Waals surface area contributed by atoms with Gasteiger partial charge in [0.1, 0.15) is 5.75 Å². The lowest BCUT2D eigenvalue weighted by atomic mass is 10.1. The molecule has 0 atom stereocenters. The lowest BCUT2D eigenvalue weighted by molar-refractivity contribution is 0.101. The molecule has 14 heavy (non-hydrogen) atoms. The number of rotatable bonds is 3. The van der Waals surface area contributed by atoms with E-state index < -0.39 is 8.32 Å². The number of carbonyl (C=O) groups excluding carboxylic acids is 1. The Bertz CT molecular complexity index is 339. The highest BCUT2D eigenvalue weighted by Crippen LogP contribution is 2.17. The molecule has 0 bridgehead atoms. The second-order valence-corrected chi connectivity index (χ2v) is 8.73. The number of benzene rings is 1. The van der Waals surface area contributed by atoms with Crippen molar-refractivity contribution in [2.45, 2.75) is 26.6 Å². The van der Waals surface area contributed by atoms with Gasteiger partial charge in [-0.1, -0.05) is 12.1 Å². The normalized spacial score (nSPS) is 11.1. The van der Waals surface area contributed by atoms with E-state index in [9.17, 15) is 4.79 Å². The molecule has 2 nitrogen and oxygen atoms in total. The van der Waals surface area contributed by atoms with E-state index in [0.29, 0.717) is 5.56 Å². The van der Waals surface area contributed by atoms with Gasteiger partial charge in [0, 0.05) is 5.56 Å². The Morgan fingerprint density at radius 3 is 2.43 bits per heavy atom. The fraction of sp³-hybridized carbons (Fsp3) is 0.364. The highest BCUT2D eigenvalue weighted by atomic mass is 28.4. The van der Waals surface area contributed by atoms with Gasteiger partial charge in [-0.2, -0.15) is 0 Å². The molecule has 0 fully saturated rings. The first-order valence-corrected chi connectivity index (χ1v) is 8.09. The highest BCUT2D eigenvalue weighted by molar-refractivity contribution is 6.70. The maximum atomic E-state index is 11.1. The zero-order chi connectivity index (χ0) is 10.8. The molecule has 1 aromatic rings.